The van der Waals surface area contributed by atoms with Crippen LogP contribution < -0.4 is 3.71 Å². The second-order valence-corrected chi connectivity index (χ2v) is 18.5. The van der Waals surface area contributed by atoms with Gasteiger partial charge in [0.2, 0.25) is 0 Å². The van der Waals surface area contributed by atoms with Gasteiger partial charge in [-0.1, -0.05) is 29.8 Å². The first-order valence-corrected chi connectivity index (χ1v) is 20.5. The summed E-state index contributed by atoms with van der Waals surface area (Å²) in [5.41, 5.74) is -14.1. The summed E-state index contributed by atoms with van der Waals surface area (Å²) < 4.78 is 142. The highest BCUT2D eigenvalue weighted by molar-refractivity contribution is 8.11. The van der Waals surface area contributed by atoms with Gasteiger partial charge in [0.15, 0.2) is 11.8 Å². The lowest BCUT2D eigenvalue weighted by Gasteiger charge is -2.27. The number of alkyl halides is 6. The van der Waals surface area contributed by atoms with Crippen LogP contribution in [-0.4, -0.2) is 131 Å². The minimum Gasteiger partial charge on any atom is -0.467 e. The lowest BCUT2D eigenvalue weighted by molar-refractivity contribution is -0.146. The first-order valence-electron chi connectivity index (χ1n) is 17.6. The van der Waals surface area contributed by atoms with Crippen molar-refractivity contribution in [2.45, 2.75) is 102 Å². The highest BCUT2D eigenvalue weighted by atomic mass is 32.3. The number of methoxy groups -OCH3 is 2. The summed E-state index contributed by atoms with van der Waals surface area (Å²) in [5, 5.41) is 0. The zero-order valence-corrected chi connectivity index (χ0v) is 35.8. The SMILES string of the molecule is C1CCOC1.COC(=O)[C@@H]1C=C(C)CN1C(=O)OC(C)(C)C.COC(=O)[C@@H]1CC(=O)CN1C(=O)OC(C)(C)C.O=S(=O)(N(c1ccccc1)S(=O)(=O)C(F)(F)F)C(F)(F)F. The number of benzene rings is 1. The molecule has 4 rings (SSSR count). The maximum absolute atomic E-state index is 12.4. The molecule has 0 radical (unpaired) electrons. The third-order valence-corrected chi connectivity index (χ3v) is 11.0. The van der Waals surface area contributed by atoms with Crippen LogP contribution in [0.25, 0.3) is 0 Å². The molecule has 2 saturated heterocycles. The van der Waals surface area contributed by atoms with Crippen LogP contribution in [-0.2, 0) is 58.1 Å². The highest BCUT2D eigenvalue weighted by Crippen LogP contribution is 2.38. The number of hydrogen-bond acceptors (Lipinski definition) is 14. The maximum atomic E-state index is 12.4. The molecule has 3 aliphatic heterocycles. The van der Waals surface area contributed by atoms with Crippen molar-refractivity contribution < 1.29 is 90.8 Å². The van der Waals surface area contributed by atoms with Gasteiger partial charge in [-0.15, -0.1) is 3.71 Å². The third-order valence-electron chi connectivity index (χ3n) is 7.33. The summed E-state index contributed by atoms with van der Waals surface area (Å²) in [6.07, 6.45) is 3.10. The van der Waals surface area contributed by atoms with Crippen LogP contribution >= 0.6 is 0 Å². The van der Waals surface area contributed by atoms with Gasteiger partial charge in [0.05, 0.1) is 26.5 Å². The number of nitrogens with zero attached hydrogens (tertiary/aromatic N) is 3. The average Bonchev–Trinajstić information content (AvgIpc) is 3.89. The van der Waals surface area contributed by atoms with E-state index in [4.69, 9.17) is 14.2 Å². The Hall–Kier alpha value is -4.65. The Morgan fingerprint density at radius 3 is 1.52 bits per heavy atom. The van der Waals surface area contributed by atoms with Crippen molar-refractivity contribution in [1.29, 1.82) is 0 Å². The average molecular weight is 914 g/mol. The Balaban J connectivity index is 0.000000426. The molecule has 0 spiro atoms. The number of sulfonamides is 2. The van der Waals surface area contributed by atoms with Gasteiger partial charge >= 0.3 is 55.2 Å². The number of Topliss-reactive ketones (excluding diaryl/α,β-unsaturated/α-hetero) is 1. The minimum atomic E-state index is -6.81. The van der Waals surface area contributed by atoms with Gasteiger partial charge in [-0.3, -0.25) is 14.6 Å². The Morgan fingerprint density at radius 2 is 1.15 bits per heavy atom. The molecule has 25 heteroatoms. The second kappa shape index (κ2) is 21.2. The van der Waals surface area contributed by atoms with E-state index in [0.29, 0.717) is 18.7 Å². The number of para-hydroxylation sites is 1. The number of likely N-dealkylation sites (tertiary alicyclic amines) is 1. The van der Waals surface area contributed by atoms with Crippen LogP contribution in [0.2, 0.25) is 0 Å². The second-order valence-electron chi connectivity index (χ2n) is 14.7. The van der Waals surface area contributed by atoms with Gasteiger partial charge in [0, 0.05) is 26.2 Å². The summed E-state index contributed by atoms with van der Waals surface area (Å²) in [4.78, 5) is 60.4. The molecule has 17 nitrogen and oxygen atoms in total. The largest absolute Gasteiger partial charge is 0.517 e. The van der Waals surface area contributed by atoms with E-state index >= 15 is 0 Å². The molecule has 0 saturated carbocycles. The van der Waals surface area contributed by atoms with Crippen molar-refractivity contribution in [1.82, 2.24) is 9.80 Å². The predicted octanol–water partition coefficient (Wildman–Crippen LogP) is 5.45. The smallest absolute Gasteiger partial charge is 0.467 e. The number of hydrogen-bond donors (Lipinski definition) is 0. The van der Waals surface area contributed by atoms with Crippen molar-refractivity contribution >= 4 is 55.6 Å². The van der Waals surface area contributed by atoms with Gasteiger partial charge in [0.25, 0.3) is 0 Å². The summed E-state index contributed by atoms with van der Waals surface area (Å²) in [7, 11) is -11.1. The first kappa shape index (κ1) is 53.4. The topological polar surface area (TPSA) is 209 Å². The van der Waals surface area contributed by atoms with Crippen molar-refractivity contribution in [3.63, 3.8) is 0 Å². The normalized spacial score (nSPS) is 18.3. The van der Waals surface area contributed by atoms with E-state index in [1.165, 1.54) is 32.0 Å². The monoisotopic (exact) mass is 913 g/mol. The van der Waals surface area contributed by atoms with Gasteiger partial charge in [-0.25, -0.2) is 19.2 Å². The molecule has 3 aliphatic rings. The Labute approximate surface area is 343 Å². The number of ether oxygens (including phenoxy) is 5. The van der Waals surface area contributed by atoms with Crippen LogP contribution in [0.1, 0.15) is 67.7 Å². The van der Waals surface area contributed by atoms with E-state index in [1.54, 1.807) is 47.6 Å². The zero-order valence-electron chi connectivity index (χ0n) is 34.2. The third kappa shape index (κ3) is 15.7. The maximum Gasteiger partial charge on any atom is 0.517 e. The van der Waals surface area contributed by atoms with E-state index in [2.05, 4.69) is 9.47 Å². The van der Waals surface area contributed by atoms with E-state index < -0.39 is 87.9 Å². The molecule has 0 bridgehead atoms. The highest BCUT2D eigenvalue weighted by Gasteiger charge is 2.61. The van der Waals surface area contributed by atoms with Gasteiger partial charge in [-0.2, -0.15) is 43.2 Å². The molecule has 2 atom stereocenters. The fourth-order valence-electron chi connectivity index (χ4n) is 4.80. The number of carbonyl (C=O) groups is 5. The van der Waals surface area contributed by atoms with Gasteiger partial charge in [0.1, 0.15) is 17.2 Å². The molecule has 0 unspecified atom stereocenters. The van der Waals surface area contributed by atoms with Gasteiger partial charge < -0.3 is 23.7 Å². The van der Waals surface area contributed by atoms with E-state index in [9.17, 15) is 67.2 Å². The predicted molar refractivity (Wildman–Crippen MR) is 200 cm³/mol. The quantitative estimate of drug-likeness (QED) is 0.156. The van der Waals surface area contributed by atoms with E-state index in [-0.39, 0.29) is 18.7 Å². The number of anilines is 1. The van der Waals surface area contributed by atoms with Crippen LogP contribution in [0.4, 0.5) is 41.6 Å². The fourth-order valence-corrected chi connectivity index (χ4v) is 7.51. The minimum absolute atomic E-state index is 0.00802. The molecular weight excluding hydrogens is 865 g/mol. The molecule has 0 aromatic heterocycles. The van der Waals surface area contributed by atoms with Crippen LogP contribution in [0.5, 0.6) is 0 Å². The molecular formula is C35H49F6N3O14S2. The number of amides is 2. The van der Waals surface area contributed by atoms with Crippen molar-refractivity contribution in [2.24, 2.45) is 0 Å². The lowest BCUT2D eigenvalue weighted by Crippen LogP contribution is -2.49. The molecule has 1 aromatic carbocycles. The number of carbonyl (C=O) groups excluding carboxylic acids is 5. The molecule has 0 N–H and O–H groups in total. The van der Waals surface area contributed by atoms with Crippen LogP contribution in [0.15, 0.2) is 42.0 Å². The van der Waals surface area contributed by atoms with Gasteiger partial charge in [-0.05, 0) is 73.4 Å². The lowest BCUT2D eigenvalue weighted by atomic mass is 10.2. The van der Waals surface area contributed by atoms with Crippen LogP contribution in [0.3, 0.4) is 0 Å². The summed E-state index contributed by atoms with van der Waals surface area (Å²) >= 11 is 0. The molecule has 1 aromatic rings. The van der Waals surface area contributed by atoms with E-state index in [1.807, 2.05) is 6.92 Å². The first-order chi connectivity index (χ1) is 27.2. The molecule has 60 heavy (non-hydrogen) atoms. The van der Waals surface area contributed by atoms with Crippen molar-refractivity contribution in [3.8, 4) is 0 Å². The Bertz CT molecular complexity index is 1860. The number of halogens is 6. The Kier molecular flexibility index (Phi) is 18.9. The number of esters is 2. The molecule has 342 valence electrons. The summed E-state index contributed by atoms with van der Waals surface area (Å²) in [5.74, 6) is -1.22. The summed E-state index contributed by atoms with van der Waals surface area (Å²) in [6.45, 7) is 14.7. The molecule has 2 fully saturated rings. The fraction of sp³-hybridized carbons (Fsp3) is 0.629. The summed E-state index contributed by atoms with van der Waals surface area (Å²) in [6, 6.07) is 2.32. The van der Waals surface area contributed by atoms with Crippen molar-refractivity contribution in [3.05, 3.63) is 42.0 Å². The van der Waals surface area contributed by atoms with E-state index in [0.717, 1.165) is 41.9 Å². The molecule has 0 aliphatic carbocycles. The Morgan fingerprint density at radius 1 is 0.717 bits per heavy atom. The molecule has 2 amide bonds. The molecule has 3 heterocycles. The van der Waals surface area contributed by atoms with Crippen LogP contribution in [0, 0.1) is 0 Å². The van der Waals surface area contributed by atoms with Crippen molar-refractivity contribution in [2.75, 3.05) is 44.2 Å². The zero-order chi connectivity index (χ0) is 46.7. The standard InChI is InChI=1S/C12H19NO4.C11H17NO5.C8H5F6NO4S2.C4H8O/c1-8-6-9(10(14)16-5)13(7-8)11(15)17-12(2,3)4;1-11(2,3)17-10(15)12-6-7(13)5-8(12)9(14)16-4;9-7(10,11)20(16,17)15(6-4-2-1-3-5-6)21(18,19)8(12,13)14;1-2-4-5-3-1/h6,9H,7H2,1-5H3;8H,5-6H2,1-4H3;1-5H;1-4H2/t9-;8-;;/m00../s1. The number of ketones is 1. The number of rotatable bonds is 5.